The first-order chi connectivity index (χ1) is 9.20. The lowest BCUT2D eigenvalue weighted by Gasteiger charge is -2.34. The topological polar surface area (TPSA) is 35.6 Å². The van der Waals surface area contributed by atoms with Crippen LogP contribution in [0.25, 0.3) is 0 Å². The number of carbonyl (C=O) groups excluding carboxylic acids is 1. The summed E-state index contributed by atoms with van der Waals surface area (Å²) in [6, 6.07) is 0.563. The summed E-state index contributed by atoms with van der Waals surface area (Å²) in [6.07, 6.45) is 4.65. The second-order valence-corrected chi connectivity index (χ2v) is 6.18. The Kier molecular flexibility index (Phi) is 7.85. The number of nitrogens with one attached hydrogen (secondary N) is 1. The zero-order valence-electron chi connectivity index (χ0n) is 12.9. The summed E-state index contributed by atoms with van der Waals surface area (Å²) in [5.41, 5.74) is 0. The lowest BCUT2D eigenvalue weighted by atomic mass is 9.99. The monoisotopic (exact) mass is 303 g/mol. The van der Waals surface area contributed by atoms with E-state index in [0.717, 1.165) is 45.1 Å². The molecule has 0 spiro atoms. The van der Waals surface area contributed by atoms with E-state index in [1.165, 1.54) is 19.3 Å². The van der Waals surface area contributed by atoms with Crippen LogP contribution in [0.1, 0.15) is 39.5 Å². The van der Waals surface area contributed by atoms with Gasteiger partial charge in [0.25, 0.3) is 0 Å². The molecule has 1 atom stereocenters. The smallest absolute Gasteiger partial charge is 0.236 e. The van der Waals surface area contributed by atoms with E-state index in [1.807, 2.05) is 0 Å². The summed E-state index contributed by atoms with van der Waals surface area (Å²) in [5, 5.41) is 3.40. The summed E-state index contributed by atoms with van der Waals surface area (Å²) in [5.74, 6) is 1.13. The maximum Gasteiger partial charge on any atom is 0.236 e. The molecule has 0 bridgehead atoms. The highest BCUT2D eigenvalue weighted by Gasteiger charge is 2.26. The van der Waals surface area contributed by atoms with Crippen LogP contribution >= 0.6 is 12.4 Å². The molecule has 4 nitrogen and oxygen atoms in total. The Hall–Kier alpha value is -0.320. The molecule has 0 aromatic rings. The average Bonchev–Trinajstić information content (AvgIpc) is 2.92. The van der Waals surface area contributed by atoms with Gasteiger partial charge in [-0.1, -0.05) is 13.8 Å². The van der Waals surface area contributed by atoms with E-state index in [4.69, 9.17) is 0 Å². The van der Waals surface area contributed by atoms with Crippen LogP contribution in [0.4, 0.5) is 0 Å². The van der Waals surface area contributed by atoms with Crippen LogP contribution in [0.15, 0.2) is 0 Å². The van der Waals surface area contributed by atoms with Crippen molar-refractivity contribution in [3.8, 4) is 0 Å². The molecule has 0 radical (unpaired) electrons. The Bertz CT molecular complexity index is 287. The fourth-order valence-corrected chi connectivity index (χ4v) is 3.16. The van der Waals surface area contributed by atoms with Crippen molar-refractivity contribution in [3.05, 3.63) is 0 Å². The van der Waals surface area contributed by atoms with E-state index in [2.05, 4.69) is 29.0 Å². The Morgan fingerprint density at radius 3 is 2.55 bits per heavy atom. The van der Waals surface area contributed by atoms with Crippen molar-refractivity contribution in [2.24, 2.45) is 5.92 Å². The van der Waals surface area contributed by atoms with Gasteiger partial charge in [-0.3, -0.25) is 9.69 Å². The molecule has 2 rings (SSSR count). The third-order valence-electron chi connectivity index (χ3n) is 4.54. The van der Waals surface area contributed by atoms with Gasteiger partial charge >= 0.3 is 0 Å². The number of carbonyl (C=O) groups is 1. The van der Waals surface area contributed by atoms with Crippen LogP contribution in [-0.4, -0.2) is 61.0 Å². The zero-order chi connectivity index (χ0) is 13.7. The van der Waals surface area contributed by atoms with E-state index in [1.54, 1.807) is 0 Å². The predicted molar refractivity (Wildman–Crippen MR) is 85.4 cm³/mol. The number of halogens is 1. The fraction of sp³-hybridized carbons (Fsp3) is 0.933. The van der Waals surface area contributed by atoms with Gasteiger partial charge in [-0.05, 0) is 44.7 Å². The number of hydrogen-bond donors (Lipinski definition) is 1. The van der Waals surface area contributed by atoms with Crippen molar-refractivity contribution in [3.63, 3.8) is 0 Å². The molecule has 0 saturated carbocycles. The minimum absolute atomic E-state index is 0. The van der Waals surface area contributed by atoms with E-state index in [-0.39, 0.29) is 12.4 Å². The normalized spacial score (nSPS) is 23.9. The summed E-state index contributed by atoms with van der Waals surface area (Å²) in [6.45, 7) is 10.2. The van der Waals surface area contributed by atoms with E-state index >= 15 is 0 Å². The van der Waals surface area contributed by atoms with Crippen LogP contribution in [0.5, 0.6) is 0 Å². The highest BCUT2D eigenvalue weighted by molar-refractivity contribution is 5.85. The van der Waals surface area contributed by atoms with Crippen LogP contribution in [0.2, 0.25) is 0 Å². The first-order valence-corrected chi connectivity index (χ1v) is 7.93. The molecule has 118 valence electrons. The molecule has 20 heavy (non-hydrogen) atoms. The molecule has 2 heterocycles. The second-order valence-electron chi connectivity index (χ2n) is 6.18. The summed E-state index contributed by atoms with van der Waals surface area (Å²) in [7, 11) is 0. The molecule has 1 N–H and O–H groups in total. The average molecular weight is 304 g/mol. The molecule has 2 aliphatic rings. The molecule has 5 heteroatoms. The summed E-state index contributed by atoms with van der Waals surface area (Å²) >= 11 is 0. The van der Waals surface area contributed by atoms with Gasteiger partial charge in [0.05, 0.1) is 6.54 Å². The lowest BCUT2D eigenvalue weighted by Crippen LogP contribution is -2.47. The number of amides is 1. The van der Waals surface area contributed by atoms with Gasteiger partial charge in [0.15, 0.2) is 0 Å². The first kappa shape index (κ1) is 17.7. The molecule has 0 aromatic carbocycles. The predicted octanol–water partition coefficient (Wildman–Crippen LogP) is 1.74. The molecule has 1 unspecified atom stereocenters. The highest BCUT2D eigenvalue weighted by atomic mass is 35.5. The number of rotatable bonds is 5. The molecule has 1 amide bonds. The molecular formula is C15H30ClN3O. The molecule has 2 aliphatic heterocycles. The Balaban J connectivity index is 0.00000200. The number of hydrogen-bond acceptors (Lipinski definition) is 3. The molecule has 0 aromatic heterocycles. The largest absolute Gasteiger partial charge is 0.342 e. The zero-order valence-corrected chi connectivity index (χ0v) is 13.8. The first-order valence-electron chi connectivity index (χ1n) is 7.93. The van der Waals surface area contributed by atoms with Crippen LogP contribution in [0.3, 0.4) is 0 Å². The maximum absolute atomic E-state index is 12.4. The standard InChI is InChI=1S/C15H29N3O.ClH/c1-3-8-18(14-4-7-16-11-14)12-15(19)17-9-5-13(2)6-10-17;/h13-14,16H,3-12H2,1-2H3;1H. The minimum Gasteiger partial charge on any atom is -0.342 e. The quantitative estimate of drug-likeness (QED) is 0.840. The van der Waals surface area contributed by atoms with Crippen molar-refractivity contribution in [2.45, 2.75) is 45.6 Å². The van der Waals surface area contributed by atoms with E-state index < -0.39 is 0 Å². The number of piperidine rings is 1. The van der Waals surface area contributed by atoms with Gasteiger partial charge in [0.2, 0.25) is 5.91 Å². The van der Waals surface area contributed by atoms with Gasteiger partial charge in [-0.2, -0.15) is 0 Å². The van der Waals surface area contributed by atoms with Gasteiger partial charge < -0.3 is 10.2 Å². The van der Waals surface area contributed by atoms with Crippen LogP contribution < -0.4 is 5.32 Å². The second kappa shape index (κ2) is 8.85. The van der Waals surface area contributed by atoms with Gasteiger partial charge in [0, 0.05) is 25.7 Å². The lowest BCUT2D eigenvalue weighted by molar-refractivity contribution is -0.134. The van der Waals surface area contributed by atoms with Gasteiger partial charge in [-0.15, -0.1) is 12.4 Å². The number of nitrogens with zero attached hydrogens (tertiary/aromatic N) is 2. The van der Waals surface area contributed by atoms with Crippen molar-refractivity contribution in [2.75, 3.05) is 39.3 Å². The van der Waals surface area contributed by atoms with Gasteiger partial charge in [0.1, 0.15) is 0 Å². The van der Waals surface area contributed by atoms with Crippen LogP contribution in [-0.2, 0) is 4.79 Å². The minimum atomic E-state index is 0. The Morgan fingerprint density at radius 1 is 1.30 bits per heavy atom. The summed E-state index contributed by atoms with van der Waals surface area (Å²) in [4.78, 5) is 16.9. The molecule has 2 fully saturated rings. The molecular weight excluding hydrogens is 274 g/mol. The summed E-state index contributed by atoms with van der Waals surface area (Å²) < 4.78 is 0. The number of likely N-dealkylation sites (tertiary alicyclic amines) is 1. The third kappa shape index (κ3) is 4.90. The van der Waals surface area contributed by atoms with Gasteiger partial charge in [-0.25, -0.2) is 0 Å². The van der Waals surface area contributed by atoms with Crippen molar-refractivity contribution < 1.29 is 4.79 Å². The van der Waals surface area contributed by atoms with Crippen molar-refractivity contribution in [1.29, 1.82) is 0 Å². The molecule has 2 saturated heterocycles. The van der Waals surface area contributed by atoms with Crippen molar-refractivity contribution >= 4 is 18.3 Å². The maximum atomic E-state index is 12.4. The Morgan fingerprint density at radius 2 is 2.00 bits per heavy atom. The third-order valence-corrected chi connectivity index (χ3v) is 4.54. The van der Waals surface area contributed by atoms with E-state index in [9.17, 15) is 4.79 Å². The SMILES string of the molecule is CCCN(CC(=O)N1CCC(C)CC1)C1CCNC1.Cl. The fourth-order valence-electron chi connectivity index (χ4n) is 3.16. The van der Waals surface area contributed by atoms with Crippen molar-refractivity contribution in [1.82, 2.24) is 15.1 Å². The van der Waals surface area contributed by atoms with E-state index in [0.29, 0.717) is 18.5 Å². The Labute approximate surface area is 129 Å². The van der Waals surface area contributed by atoms with Crippen LogP contribution in [0, 0.1) is 5.92 Å². The highest BCUT2D eigenvalue weighted by Crippen LogP contribution is 2.17. The molecule has 0 aliphatic carbocycles.